The van der Waals surface area contributed by atoms with Crippen molar-refractivity contribution in [1.82, 2.24) is 10.2 Å². The predicted molar refractivity (Wildman–Crippen MR) is 75.1 cm³/mol. The Morgan fingerprint density at radius 3 is 2.95 bits per heavy atom. The number of ether oxygens (including phenoxy) is 1. The monoisotopic (exact) mass is 286 g/mol. The smallest absolute Gasteiger partial charge is 0.141 e. The lowest BCUT2D eigenvalue weighted by Crippen LogP contribution is -2.48. The Balaban J connectivity index is 2.30. The SMILES string of the molecule is CCN1CCOC(CNC)C1c1ccc(F)c(Cl)c1. The van der Waals surface area contributed by atoms with Crippen molar-refractivity contribution >= 4 is 11.6 Å². The number of nitrogens with zero attached hydrogens (tertiary/aromatic N) is 1. The van der Waals surface area contributed by atoms with Crippen LogP contribution in [-0.2, 0) is 4.74 Å². The normalized spacial score (nSPS) is 24.6. The molecular weight excluding hydrogens is 267 g/mol. The van der Waals surface area contributed by atoms with Gasteiger partial charge in [-0.1, -0.05) is 24.6 Å². The molecule has 0 amide bonds. The summed E-state index contributed by atoms with van der Waals surface area (Å²) in [5, 5.41) is 3.32. The first kappa shape index (κ1) is 14.7. The van der Waals surface area contributed by atoms with Gasteiger partial charge in [0.05, 0.1) is 23.8 Å². The Hall–Kier alpha value is -0.680. The Bertz CT molecular complexity index is 428. The molecule has 0 saturated carbocycles. The zero-order valence-corrected chi connectivity index (χ0v) is 12.1. The summed E-state index contributed by atoms with van der Waals surface area (Å²) >= 11 is 5.90. The maximum atomic E-state index is 13.3. The third-order valence-corrected chi connectivity index (χ3v) is 3.84. The van der Waals surface area contributed by atoms with Crippen LogP contribution in [0.15, 0.2) is 18.2 Å². The molecule has 2 atom stereocenters. The molecule has 0 aromatic heterocycles. The number of morpholine rings is 1. The van der Waals surface area contributed by atoms with Crippen LogP contribution in [0, 0.1) is 5.82 Å². The maximum Gasteiger partial charge on any atom is 0.141 e. The molecule has 1 saturated heterocycles. The Kier molecular flexibility index (Phi) is 5.16. The summed E-state index contributed by atoms with van der Waals surface area (Å²) < 4.78 is 19.1. The van der Waals surface area contributed by atoms with Crippen LogP contribution in [0.1, 0.15) is 18.5 Å². The number of benzene rings is 1. The van der Waals surface area contributed by atoms with Crippen molar-refractivity contribution in [2.75, 3.05) is 33.3 Å². The van der Waals surface area contributed by atoms with Gasteiger partial charge in [0.15, 0.2) is 0 Å². The van der Waals surface area contributed by atoms with Gasteiger partial charge in [-0.2, -0.15) is 0 Å². The number of hydrogen-bond acceptors (Lipinski definition) is 3. The molecule has 0 spiro atoms. The van der Waals surface area contributed by atoms with Gasteiger partial charge in [0.2, 0.25) is 0 Å². The zero-order chi connectivity index (χ0) is 13.8. The Morgan fingerprint density at radius 1 is 1.53 bits per heavy atom. The molecule has 2 unspecified atom stereocenters. The van der Waals surface area contributed by atoms with E-state index in [9.17, 15) is 4.39 Å². The summed E-state index contributed by atoms with van der Waals surface area (Å²) in [6.07, 6.45) is 0.0558. The standard InChI is InChI=1S/C14H20ClFN2O/c1-3-18-6-7-19-13(9-17-2)14(18)10-4-5-12(16)11(15)8-10/h4-5,8,13-14,17H,3,6-7,9H2,1-2H3. The molecule has 19 heavy (non-hydrogen) atoms. The third-order valence-electron chi connectivity index (χ3n) is 3.55. The van der Waals surface area contributed by atoms with E-state index >= 15 is 0 Å². The first-order chi connectivity index (χ1) is 9.17. The highest BCUT2D eigenvalue weighted by molar-refractivity contribution is 6.30. The Morgan fingerprint density at radius 2 is 2.32 bits per heavy atom. The van der Waals surface area contributed by atoms with Gasteiger partial charge >= 0.3 is 0 Å². The predicted octanol–water partition coefficient (Wildman–Crippen LogP) is 2.46. The van der Waals surface area contributed by atoms with E-state index in [1.54, 1.807) is 12.1 Å². The minimum Gasteiger partial charge on any atom is -0.374 e. The fraction of sp³-hybridized carbons (Fsp3) is 0.571. The van der Waals surface area contributed by atoms with Crippen LogP contribution < -0.4 is 5.32 Å². The Labute approximate surface area is 118 Å². The van der Waals surface area contributed by atoms with E-state index in [-0.39, 0.29) is 23.0 Å². The second-order valence-corrected chi connectivity index (χ2v) is 5.12. The minimum absolute atomic E-state index is 0.0558. The number of hydrogen-bond donors (Lipinski definition) is 1. The van der Waals surface area contributed by atoms with Crippen molar-refractivity contribution in [2.24, 2.45) is 0 Å². The van der Waals surface area contributed by atoms with Gasteiger partial charge in [0.25, 0.3) is 0 Å². The van der Waals surface area contributed by atoms with Crippen LogP contribution >= 0.6 is 11.6 Å². The van der Waals surface area contributed by atoms with Crippen molar-refractivity contribution in [3.63, 3.8) is 0 Å². The first-order valence-corrected chi connectivity index (χ1v) is 7.00. The number of likely N-dealkylation sites (N-methyl/N-ethyl adjacent to an activating group) is 2. The lowest BCUT2D eigenvalue weighted by molar-refractivity contribution is -0.0686. The van der Waals surface area contributed by atoms with Crippen LogP contribution in [0.5, 0.6) is 0 Å². The third kappa shape index (κ3) is 3.26. The van der Waals surface area contributed by atoms with Gasteiger partial charge in [-0.25, -0.2) is 4.39 Å². The second-order valence-electron chi connectivity index (χ2n) is 4.71. The van der Waals surface area contributed by atoms with Crippen molar-refractivity contribution in [2.45, 2.75) is 19.1 Å². The molecule has 0 bridgehead atoms. The molecule has 5 heteroatoms. The van der Waals surface area contributed by atoms with E-state index in [1.807, 2.05) is 7.05 Å². The highest BCUT2D eigenvalue weighted by atomic mass is 35.5. The van der Waals surface area contributed by atoms with E-state index in [1.165, 1.54) is 6.07 Å². The molecule has 1 aliphatic rings. The highest BCUT2D eigenvalue weighted by Gasteiger charge is 2.32. The van der Waals surface area contributed by atoms with E-state index in [2.05, 4.69) is 17.1 Å². The van der Waals surface area contributed by atoms with Crippen molar-refractivity contribution in [3.8, 4) is 0 Å². The summed E-state index contributed by atoms with van der Waals surface area (Å²) in [5.41, 5.74) is 1.01. The summed E-state index contributed by atoms with van der Waals surface area (Å²) in [5.74, 6) is -0.379. The molecule has 3 nitrogen and oxygen atoms in total. The average molecular weight is 287 g/mol. The van der Waals surface area contributed by atoms with Gasteiger partial charge in [-0.15, -0.1) is 0 Å². The quantitative estimate of drug-likeness (QED) is 0.920. The average Bonchev–Trinajstić information content (AvgIpc) is 2.42. The fourth-order valence-electron chi connectivity index (χ4n) is 2.64. The van der Waals surface area contributed by atoms with Gasteiger partial charge in [0.1, 0.15) is 5.82 Å². The second kappa shape index (κ2) is 6.66. The largest absolute Gasteiger partial charge is 0.374 e. The molecule has 1 aliphatic heterocycles. The van der Waals surface area contributed by atoms with Crippen LogP contribution in [0.25, 0.3) is 0 Å². The highest BCUT2D eigenvalue weighted by Crippen LogP contribution is 2.31. The molecule has 0 radical (unpaired) electrons. The van der Waals surface area contributed by atoms with Crippen LogP contribution in [0.4, 0.5) is 4.39 Å². The molecule has 1 fully saturated rings. The van der Waals surface area contributed by atoms with Crippen LogP contribution in [0.3, 0.4) is 0 Å². The lowest BCUT2D eigenvalue weighted by atomic mass is 9.97. The van der Waals surface area contributed by atoms with Gasteiger partial charge in [-0.05, 0) is 31.3 Å². The van der Waals surface area contributed by atoms with Crippen molar-refractivity contribution in [3.05, 3.63) is 34.6 Å². The molecule has 106 valence electrons. The van der Waals surface area contributed by atoms with Crippen LogP contribution in [0.2, 0.25) is 5.02 Å². The topological polar surface area (TPSA) is 24.5 Å². The number of rotatable bonds is 4. The number of halogens is 2. The molecular formula is C14H20ClFN2O. The lowest BCUT2D eigenvalue weighted by Gasteiger charge is -2.41. The van der Waals surface area contributed by atoms with Crippen LogP contribution in [-0.4, -0.2) is 44.3 Å². The zero-order valence-electron chi connectivity index (χ0n) is 11.3. The summed E-state index contributed by atoms with van der Waals surface area (Å²) in [6, 6.07) is 5.05. The molecule has 1 aromatic carbocycles. The molecule has 1 heterocycles. The summed E-state index contributed by atoms with van der Waals surface area (Å²) in [7, 11) is 1.91. The van der Waals surface area contributed by atoms with E-state index in [0.29, 0.717) is 0 Å². The summed E-state index contributed by atoms with van der Waals surface area (Å²) in [4.78, 5) is 2.34. The molecule has 2 rings (SSSR count). The van der Waals surface area contributed by atoms with E-state index in [0.717, 1.165) is 31.8 Å². The maximum absolute atomic E-state index is 13.3. The minimum atomic E-state index is -0.379. The first-order valence-electron chi connectivity index (χ1n) is 6.62. The van der Waals surface area contributed by atoms with Gasteiger partial charge < -0.3 is 10.1 Å². The van der Waals surface area contributed by atoms with E-state index in [4.69, 9.17) is 16.3 Å². The van der Waals surface area contributed by atoms with Crippen molar-refractivity contribution in [1.29, 1.82) is 0 Å². The number of nitrogens with one attached hydrogen (secondary N) is 1. The molecule has 1 N–H and O–H groups in total. The van der Waals surface area contributed by atoms with Gasteiger partial charge in [-0.3, -0.25) is 4.90 Å². The van der Waals surface area contributed by atoms with Gasteiger partial charge in [0, 0.05) is 13.1 Å². The van der Waals surface area contributed by atoms with Crippen molar-refractivity contribution < 1.29 is 9.13 Å². The molecule has 1 aromatic rings. The summed E-state index contributed by atoms with van der Waals surface area (Å²) in [6.45, 7) is 5.43. The van der Waals surface area contributed by atoms with E-state index < -0.39 is 0 Å². The fourth-order valence-corrected chi connectivity index (χ4v) is 2.82. The molecule has 0 aliphatic carbocycles.